The first-order valence-corrected chi connectivity index (χ1v) is 6.38. The minimum atomic E-state index is 0.162. The summed E-state index contributed by atoms with van der Waals surface area (Å²) in [7, 11) is 0. The molecule has 0 aliphatic heterocycles. The van der Waals surface area contributed by atoms with E-state index in [4.69, 9.17) is 10.5 Å². The third-order valence-corrected chi connectivity index (χ3v) is 3.53. The lowest BCUT2D eigenvalue weighted by Gasteiger charge is -2.37. The average Bonchev–Trinajstić information content (AvgIpc) is 2.14. The Morgan fingerprint density at radius 2 is 1.93 bits per heavy atom. The molecule has 0 heterocycles. The van der Waals surface area contributed by atoms with Gasteiger partial charge in [-0.2, -0.15) is 0 Å². The van der Waals surface area contributed by atoms with Crippen LogP contribution in [0.1, 0.15) is 47.0 Å². The van der Waals surface area contributed by atoms with Crippen LogP contribution in [0.25, 0.3) is 0 Å². The Labute approximate surface area is 94.6 Å². The first-order valence-electron chi connectivity index (χ1n) is 6.38. The van der Waals surface area contributed by atoms with Gasteiger partial charge in [-0.15, -0.1) is 0 Å². The van der Waals surface area contributed by atoms with Crippen LogP contribution in [-0.2, 0) is 4.74 Å². The van der Waals surface area contributed by atoms with Crippen molar-refractivity contribution in [1.82, 2.24) is 0 Å². The Morgan fingerprint density at radius 3 is 2.47 bits per heavy atom. The number of nitrogens with two attached hydrogens (primary N) is 1. The molecule has 1 aliphatic carbocycles. The van der Waals surface area contributed by atoms with Crippen molar-refractivity contribution in [3.63, 3.8) is 0 Å². The van der Waals surface area contributed by atoms with Crippen molar-refractivity contribution in [2.75, 3.05) is 6.61 Å². The minimum absolute atomic E-state index is 0.162. The van der Waals surface area contributed by atoms with Crippen LogP contribution in [0.3, 0.4) is 0 Å². The fourth-order valence-corrected chi connectivity index (χ4v) is 2.58. The molecule has 0 aromatic rings. The molecule has 0 radical (unpaired) electrons. The summed E-state index contributed by atoms with van der Waals surface area (Å²) in [6, 6.07) is 0.162. The number of ether oxygens (including phenoxy) is 1. The molecular formula is C13H27NO. The molecule has 0 saturated heterocycles. The van der Waals surface area contributed by atoms with Crippen LogP contribution in [0.4, 0.5) is 0 Å². The summed E-state index contributed by atoms with van der Waals surface area (Å²) in [5, 5.41) is 0. The molecule has 0 bridgehead atoms. The summed E-state index contributed by atoms with van der Waals surface area (Å²) in [4.78, 5) is 0. The Kier molecular flexibility index (Phi) is 5.07. The standard InChI is InChI=1S/C13H27NO/c1-9(2)12-6-5-10(3)7-13(12)15-8-11(4)14/h9-13H,5-8,14H2,1-4H3/t10?,11-,12?,13?/m0/s1. The van der Waals surface area contributed by atoms with Crippen molar-refractivity contribution in [2.24, 2.45) is 23.5 Å². The first kappa shape index (κ1) is 13.0. The number of rotatable bonds is 4. The Hall–Kier alpha value is -0.0800. The summed E-state index contributed by atoms with van der Waals surface area (Å²) in [5.41, 5.74) is 5.74. The number of hydrogen-bond acceptors (Lipinski definition) is 2. The predicted octanol–water partition coefficient (Wildman–Crippen LogP) is 2.81. The summed E-state index contributed by atoms with van der Waals surface area (Å²) < 4.78 is 5.96. The normalized spacial score (nSPS) is 34.4. The van der Waals surface area contributed by atoms with Gasteiger partial charge in [-0.1, -0.05) is 27.2 Å². The quantitative estimate of drug-likeness (QED) is 0.779. The molecule has 90 valence electrons. The van der Waals surface area contributed by atoms with Crippen molar-refractivity contribution >= 4 is 0 Å². The molecule has 0 spiro atoms. The molecule has 4 atom stereocenters. The molecule has 2 nitrogen and oxygen atoms in total. The van der Waals surface area contributed by atoms with E-state index in [9.17, 15) is 0 Å². The van der Waals surface area contributed by atoms with Gasteiger partial charge >= 0.3 is 0 Å². The summed E-state index contributed by atoms with van der Waals surface area (Å²) in [5.74, 6) is 2.29. The van der Waals surface area contributed by atoms with E-state index in [1.54, 1.807) is 0 Å². The largest absolute Gasteiger partial charge is 0.376 e. The predicted molar refractivity (Wildman–Crippen MR) is 64.7 cm³/mol. The molecule has 0 amide bonds. The van der Waals surface area contributed by atoms with E-state index in [2.05, 4.69) is 20.8 Å². The van der Waals surface area contributed by atoms with Crippen molar-refractivity contribution in [1.29, 1.82) is 0 Å². The van der Waals surface area contributed by atoms with Crippen molar-refractivity contribution in [2.45, 2.75) is 59.1 Å². The van der Waals surface area contributed by atoms with Crippen molar-refractivity contribution in [3.8, 4) is 0 Å². The fourth-order valence-electron chi connectivity index (χ4n) is 2.58. The summed E-state index contributed by atoms with van der Waals surface area (Å²) in [6.45, 7) is 9.67. The molecule has 1 rings (SSSR count). The molecule has 15 heavy (non-hydrogen) atoms. The van der Waals surface area contributed by atoms with Gasteiger partial charge in [0.2, 0.25) is 0 Å². The zero-order chi connectivity index (χ0) is 11.4. The van der Waals surface area contributed by atoms with E-state index in [-0.39, 0.29) is 6.04 Å². The second-order valence-corrected chi connectivity index (χ2v) is 5.68. The monoisotopic (exact) mass is 213 g/mol. The zero-order valence-electron chi connectivity index (χ0n) is 10.7. The maximum Gasteiger partial charge on any atom is 0.0618 e. The van der Waals surface area contributed by atoms with Gasteiger partial charge in [0, 0.05) is 6.04 Å². The minimum Gasteiger partial charge on any atom is -0.376 e. The average molecular weight is 213 g/mol. The second kappa shape index (κ2) is 5.86. The van der Waals surface area contributed by atoms with Gasteiger partial charge in [0.15, 0.2) is 0 Å². The lowest BCUT2D eigenvalue weighted by Crippen LogP contribution is -2.37. The van der Waals surface area contributed by atoms with Crippen LogP contribution < -0.4 is 5.73 Å². The molecular weight excluding hydrogens is 186 g/mol. The lowest BCUT2D eigenvalue weighted by molar-refractivity contribution is -0.0416. The molecule has 0 aromatic carbocycles. The van der Waals surface area contributed by atoms with E-state index in [1.807, 2.05) is 6.92 Å². The van der Waals surface area contributed by atoms with Gasteiger partial charge in [0.1, 0.15) is 0 Å². The highest BCUT2D eigenvalue weighted by molar-refractivity contribution is 4.81. The highest BCUT2D eigenvalue weighted by Crippen LogP contribution is 2.35. The van der Waals surface area contributed by atoms with Crippen molar-refractivity contribution in [3.05, 3.63) is 0 Å². The van der Waals surface area contributed by atoms with Gasteiger partial charge in [0.25, 0.3) is 0 Å². The third-order valence-electron chi connectivity index (χ3n) is 3.53. The third kappa shape index (κ3) is 4.12. The van der Waals surface area contributed by atoms with E-state index in [1.165, 1.54) is 19.3 Å². The molecule has 3 unspecified atom stereocenters. The van der Waals surface area contributed by atoms with E-state index in [0.29, 0.717) is 12.7 Å². The van der Waals surface area contributed by atoms with Gasteiger partial charge in [0.05, 0.1) is 12.7 Å². The van der Waals surface area contributed by atoms with Crippen LogP contribution >= 0.6 is 0 Å². The highest BCUT2D eigenvalue weighted by atomic mass is 16.5. The second-order valence-electron chi connectivity index (χ2n) is 5.68. The smallest absolute Gasteiger partial charge is 0.0618 e. The first-order chi connectivity index (χ1) is 7.00. The van der Waals surface area contributed by atoms with E-state index in [0.717, 1.165) is 17.8 Å². The SMILES string of the molecule is CC1CCC(C(C)C)C(OC[C@H](C)N)C1. The van der Waals surface area contributed by atoms with Crippen LogP contribution in [0.2, 0.25) is 0 Å². The molecule has 1 fully saturated rings. The highest BCUT2D eigenvalue weighted by Gasteiger charge is 2.31. The van der Waals surface area contributed by atoms with Crippen LogP contribution in [0.15, 0.2) is 0 Å². The number of hydrogen-bond donors (Lipinski definition) is 1. The van der Waals surface area contributed by atoms with Crippen molar-refractivity contribution < 1.29 is 4.74 Å². The lowest BCUT2D eigenvalue weighted by atomic mass is 9.75. The fraction of sp³-hybridized carbons (Fsp3) is 1.00. The van der Waals surface area contributed by atoms with E-state index < -0.39 is 0 Å². The van der Waals surface area contributed by atoms with E-state index >= 15 is 0 Å². The molecule has 1 saturated carbocycles. The molecule has 1 aliphatic rings. The maximum atomic E-state index is 5.96. The zero-order valence-corrected chi connectivity index (χ0v) is 10.7. The molecule has 2 heteroatoms. The molecule has 0 aromatic heterocycles. The van der Waals surface area contributed by atoms with Crippen LogP contribution in [-0.4, -0.2) is 18.8 Å². The van der Waals surface area contributed by atoms with Crippen LogP contribution in [0, 0.1) is 17.8 Å². The Balaban J connectivity index is 2.46. The van der Waals surface area contributed by atoms with Gasteiger partial charge in [-0.25, -0.2) is 0 Å². The Morgan fingerprint density at radius 1 is 1.27 bits per heavy atom. The topological polar surface area (TPSA) is 35.2 Å². The van der Waals surface area contributed by atoms with Crippen LogP contribution in [0.5, 0.6) is 0 Å². The summed E-state index contributed by atoms with van der Waals surface area (Å²) in [6.07, 6.45) is 4.35. The maximum absolute atomic E-state index is 5.96. The van der Waals surface area contributed by atoms with Gasteiger partial charge in [-0.3, -0.25) is 0 Å². The molecule has 2 N–H and O–H groups in total. The van der Waals surface area contributed by atoms with Gasteiger partial charge < -0.3 is 10.5 Å². The Bertz CT molecular complexity index is 179. The summed E-state index contributed by atoms with van der Waals surface area (Å²) >= 11 is 0. The van der Waals surface area contributed by atoms with Gasteiger partial charge in [-0.05, 0) is 37.5 Å².